The van der Waals surface area contributed by atoms with Gasteiger partial charge in [0, 0.05) is 6.54 Å². The van der Waals surface area contributed by atoms with Crippen molar-refractivity contribution in [2.45, 2.75) is 6.54 Å². The lowest BCUT2D eigenvalue weighted by atomic mass is 10.3. The molecule has 148 valence electrons. The number of aliphatic hydroxyl groups is 1. The number of hydrogen-bond donors (Lipinski definition) is 3. The summed E-state index contributed by atoms with van der Waals surface area (Å²) in [6.45, 7) is 0.184. The number of amides is 1. The number of hydrogen-bond acceptors (Lipinski definition) is 9. The van der Waals surface area contributed by atoms with Crippen molar-refractivity contribution in [3.05, 3.63) is 59.2 Å². The van der Waals surface area contributed by atoms with Gasteiger partial charge < -0.3 is 5.11 Å². The van der Waals surface area contributed by atoms with E-state index in [9.17, 15) is 19.2 Å². The third kappa shape index (κ3) is 7.91. The monoisotopic (exact) mass is 388 g/mol. The third-order valence-corrected chi connectivity index (χ3v) is 3.23. The van der Waals surface area contributed by atoms with Crippen LogP contribution in [0.3, 0.4) is 0 Å². The second-order valence-corrected chi connectivity index (χ2v) is 5.55. The first-order valence-electron chi connectivity index (χ1n) is 8.02. The first kappa shape index (κ1) is 22.7. The molecule has 0 saturated carbocycles. The van der Waals surface area contributed by atoms with Crippen LogP contribution in [0.1, 0.15) is 37.2 Å². The number of pyridine rings is 2. The fourth-order valence-electron chi connectivity index (χ4n) is 2.04. The minimum atomic E-state index is -0.737. The Labute approximate surface area is 160 Å². The van der Waals surface area contributed by atoms with E-state index in [0.29, 0.717) is 24.8 Å². The quantitative estimate of drug-likeness (QED) is 0.320. The number of nitrogens with one attached hydrogen (secondary N) is 1. The number of carbonyl (C=O) groups is 4. The van der Waals surface area contributed by atoms with Crippen molar-refractivity contribution in [3.63, 3.8) is 0 Å². The van der Waals surface area contributed by atoms with E-state index in [0.717, 1.165) is 5.69 Å². The average molecular weight is 388 g/mol. The molecule has 2 aromatic heterocycles. The van der Waals surface area contributed by atoms with Gasteiger partial charge in [0.1, 0.15) is 23.7 Å². The average Bonchev–Trinajstić information content (AvgIpc) is 2.73. The van der Waals surface area contributed by atoms with Gasteiger partial charge in [-0.2, -0.15) is 0 Å². The number of ketones is 1. The van der Waals surface area contributed by atoms with Crippen molar-refractivity contribution < 1.29 is 29.5 Å². The molecule has 10 nitrogen and oxygen atoms in total. The molecule has 0 aromatic carbocycles. The van der Waals surface area contributed by atoms with Crippen molar-refractivity contribution in [1.82, 2.24) is 20.3 Å². The SMILES string of the molecule is CN(CC(=O)CO)Cc1cccc(C=O)n1.O=Cc1cccc(C(=O)NO)n1. The minimum absolute atomic E-state index is 0.00194. The molecule has 0 radical (unpaired) electrons. The van der Waals surface area contributed by atoms with Gasteiger partial charge in [-0.25, -0.2) is 15.4 Å². The molecular formula is C18H20N4O6. The van der Waals surface area contributed by atoms with Crippen LogP contribution in [0, 0.1) is 0 Å². The molecule has 2 heterocycles. The number of carbonyl (C=O) groups excluding carboxylic acids is 4. The Morgan fingerprint density at radius 2 is 1.68 bits per heavy atom. The van der Waals surface area contributed by atoms with Gasteiger partial charge in [-0.15, -0.1) is 0 Å². The van der Waals surface area contributed by atoms with Crippen LogP contribution in [0.4, 0.5) is 0 Å². The zero-order valence-corrected chi connectivity index (χ0v) is 15.1. The summed E-state index contributed by atoms with van der Waals surface area (Å²) in [7, 11) is 1.75. The van der Waals surface area contributed by atoms with Gasteiger partial charge in [-0.05, 0) is 31.3 Å². The molecule has 2 aromatic rings. The molecule has 0 aliphatic rings. The molecule has 0 aliphatic heterocycles. The highest BCUT2D eigenvalue weighted by atomic mass is 16.5. The molecule has 0 bridgehead atoms. The molecule has 0 fully saturated rings. The normalized spacial score (nSPS) is 9.86. The summed E-state index contributed by atoms with van der Waals surface area (Å²) in [4.78, 5) is 51.9. The van der Waals surface area contributed by atoms with E-state index in [1.165, 1.54) is 23.7 Å². The Balaban J connectivity index is 0.000000292. The van der Waals surface area contributed by atoms with E-state index in [1.807, 2.05) is 0 Å². The summed E-state index contributed by atoms with van der Waals surface area (Å²) < 4.78 is 0. The number of aliphatic hydroxyl groups excluding tert-OH is 1. The molecule has 2 rings (SSSR count). The van der Waals surface area contributed by atoms with Gasteiger partial charge in [-0.1, -0.05) is 12.1 Å². The standard InChI is InChI=1S/C11H14N2O3.C7H6N2O3/c1-13(6-11(16)8-15)5-9-3-2-4-10(7-14)12-9;10-4-5-2-1-3-6(8-5)7(11)9-12/h2-4,7,15H,5-6,8H2,1H3;1-4,12H,(H,9,11). The van der Waals surface area contributed by atoms with Gasteiger partial charge >= 0.3 is 0 Å². The molecule has 10 heteroatoms. The molecule has 28 heavy (non-hydrogen) atoms. The topological polar surface area (TPSA) is 150 Å². The van der Waals surface area contributed by atoms with Crippen molar-refractivity contribution in [1.29, 1.82) is 0 Å². The largest absolute Gasteiger partial charge is 0.389 e. The summed E-state index contributed by atoms with van der Waals surface area (Å²) in [5.74, 6) is -0.979. The van der Waals surface area contributed by atoms with Crippen LogP contribution < -0.4 is 5.48 Å². The minimum Gasteiger partial charge on any atom is -0.389 e. The summed E-state index contributed by atoms with van der Waals surface area (Å²) >= 11 is 0. The summed E-state index contributed by atoms with van der Waals surface area (Å²) in [6, 6.07) is 9.50. The maximum absolute atomic E-state index is 11.0. The number of aromatic nitrogens is 2. The van der Waals surface area contributed by atoms with Crippen molar-refractivity contribution in [2.75, 3.05) is 20.2 Å². The first-order valence-corrected chi connectivity index (χ1v) is 8.02. The maximum atomic E-state index is 11.0. The Morgan fingerprint density at radius 3 is 2.25 bits per heavy atom. The number of Topliss-reactive ketones (excluding diaryl/α,β-unsaturated/α-hetero) is 1. The van der Waals surface area contributed by atoms with Crippen molar-refractivity contribution >= 4 is 24.3 Å². The Hall–Kier alpha value is -3.34. The number of hydroxylamine groups is 1. The number of likely N-dealkylation sites (N-methyl/N-ethyl adjacent to an activating group) is 1. The van der Waals surface area contributed by atoms with E-state index < -0.39 is 12.5 Å². The van der Waals surface area contributed by atoms with Gasteiger partial charge in [0.25, 0.3) is 5.91 Å². The maximum Gasteiger partial charge on any atom is 0.293 e. The van der Waals surface area contributed by atoms with Crippen LogP contribution in [-0.2, 0) is 11.3 Å². The van der Waals surface area contributed by atoms with Gasteiger partial charge in [0.2, 0.25) is 0 Å². The predicted octanol–water partition coefficient (Wildman–Crippen LogP) is -0.0996. The number of aldehydes is 2. The van der Waals surface area contributed by atoms with Crippen LogP contribution in [0.5, 0.6) is 0 Å². The molecule has 0 aliphatic carbocycles. The molecular weight excluding hydrogens is 368 g/mol. The zero-order chi connectivity index (χ0) is 20.9. The molecule has 0 saturated heterocycles. The molecule has 0 spiro atoms. The summed E-state index contributed by atoms with van der Waals surface area (Å²) in [5, 5.41) is 16.8. The first-order chi connectivity index (χ1) is 13.4. The van der Waals surface area contributed by atoms with Crippen molar-refractivity contribution in [3.8, 4) is 0 Å². The van der Waals surface area contributed by atoms with Gasteiger partial charge in [-0.3, -0.25) is 29.3 Å². The highest BCUT2D eigenvalue weighted by molar-refractivity contribution is 5.92. The zero-order valence-electron chi connectivity index (χ0n) is 15.1. The number of nitrogens with zero attached hydrogens (tertiary/aromatic N) is 3. The van der Waals surface area contributed by atoms with E-state index in [2.05, 4.69) is 9.97 Å². The molecule has 3 N–H and O–H groups in total. The number of rotatable bonds is 8. The lowest BCUT2D eigenvalue weighted by Gasteiger charge is -2.14. The molecule has 0 atom stereocenters. The smallest absolute Gasteiger partial charge is 0.293 e. The van der Waals surface area contributed by atoms with Gasteiger partial charge in [0.05, 0.1) is 12.2 Å². The van der Waals surface area contributed by atoms with E-state index >= 15 is 0 Å². The Kier molecular flexibility index (Phi) is 9.83. The molecule has 0 unspecified atom stereocenters. The van der Waals surface area contributed by atoms with Crippen LogP contribution in [0.25, 0.3) is 0 Å². The van der Waals surface area contributed by atoms with E-state index in [1.54, 1.807) is 30.1 Å². The molecule has 1 amide bonds. The van der Waals surface area contributed by atoms with Crippen LogP contribution in [-0.4, -0.2) is 69.6 Å². The van der Waals surface area contributed by atoms with Crippen LogP contribution >= 0.6 is 0 Å². The van der Waals surface area contributed by atoms with Crippen LogP contribution in [0.2, 0.25) is 0 Å². The fourth-order valence-corrected chi connectivity index (χ4v) is 2.04. The summed E-state index contributed by atoms with van der Waals surface area (Å²) in [5.41, 5.74) is 2.66. The highest BCUT2D eigenvalue weighted by Crippen LogP contribution is 2.01. The fraction of sp³-hybridized carbons (Fsp3) is 0.222. The predicted molar refractivity (Wildman–Crippen MR) is 96.9 cm³/mol. The lowest BCUT2D eigenvalue weighted by molar-refractivity contribution is -0.122. The van der Waals surface area contributed by atoms with E-state index in [-0.39, 0.29) is 23.7 Å². The second-order valence-electron chi connectivity index (χ2n) is 5.55. The third-order valence-electron chi connectivity index (χ3n) is 3.23. The van der Waals surface area contributed by atoms with E-state index in [4.69, 9.17) is 10.3 Å². The van der Waals surface area contributed by atoms with Crippen molar-refractivity contribution in [2.24, 2.45) is 0 Å². The Bertz CT molecular complexity index is 827. The lowest BCUT2D eigenvalue weighted by Crippen LogP contribution is -2.27. The highest BCUT2D eigenvalue weighted by Gasteiger charge is 2.07. The second kappa shape index (κ2) is 12.1. The van der Waals surface area contributed by atoms with Gasteiger partial charge in [0.15, 0.2) is 18.4 Å². The van der Waals surface area contributed by atoms with Crippen LogP contribution in [0.15, 0.2) is 36.4 Å². The Morgan fingerprint density at radius 1 is 1.07 bits per heavy atom. The summed E-state index contributed by atoms with van der Waals surface area (Å²) in [6.07, 6.45) is 1.20.